The normalized spacial score (nSPS) is 16.6. The molecule has 0 radical (unpaired) electrons. The molecule has 27 heavy (non-hydrogen) atoms. The van der Waals surface area contributed by atoms with Crippen molar-refractivity contribution in [3.8, 4) is 0 Å². The number of fused-ring (bicyclic) bond motifs is 2. The molecule has 0 spiro atoms. The summed E-state index contributed by atoms with van der Waals surface area (Å²) in [6, 6.07) is 10.2. The molecule has 2 heterocycles. The van der Waals surface area contributed by atoms with E-state index in [1.54, 1.807) is 11.0 Å². The van der Waals surface area contributed by atoms with Crippen molar-refractivity contribution < 1.29 is 19.1 Å². The maximum atomic E-state index is 13.4. The third kappa shape index (κ3) is 3.54. The number of nitrogens with zero attached hydrogens (tertiary/aromatic N) is 2. The average Bonchev–Trinajstić information content (AvgIpc) is 3.00. The predicted molar refractivity (Wildman–Crippen MR) is 104 cm³/mol. The summed E-state index contributed by atoms with van der Waals surface area (Å²) in [5.41, 5.74) is 2.33. The Bertz CT molecular complexity index is 1070. The van der Waals surface area contributed by atoms with Gasteiger partial charge in [0.1, 0.15) is 10.8 Å². The Labute approximate surface area is 162 Å². The van der Waals surface area contributed by atoms with Crippen molar-refractivity contribution in [1.82, 2.24) is 4.98 Å². The highest BCUT2D eigenvalue weighted by atomic mass is 32.2. The number of thioether (sulfide) groups is 1. The van der Waals surface area contributed by atoms with E-state index in [4.69, 9.17) is 5.11 Å². The van der Waals surface area contributed by atoms with Crippen molar-refractivity contribution >= 4 is 50.9 Å². The third-order valence-electron chi connectivity index (χ3n) is 4.26. The molecule has 0 saturated carbocycles. The molecular weight excluding hydrogens is 387 g/mol. The molecule has 1 N–H and O–H groups in total. The maximum absolute atomic E-state index is 13.4. The molecule has 1 unspecified atom stereocenters. The molecule has 5 nitrogen and oxygen atoms in total. The van der Waals surface area contributed by atoms with Gasteiger partial charge in [-0.2, -0.15) is 0 Å². The average molecular weight is 402 g/mol. The standard InChI is InChI=1S/C19H15FN2O3S2/c1-10-2-4-15-13(6-10)22(19(25)16(26-15)8-18(23)24)9-17-21-12-7-11(20)3-5-14(12)27-17/h2-7,16H,8-9H2,1H3,(H,23,24). The van der Waals surface area contributed by atoms with Crippen LogP contribution in [0.25, 0.3) is 10.2 Å². The second-order valence-corrected chi connectivity index (χ2v) is 8.68. The minimum absolute atomic E-state index is 0.229. The number of aliphatic carboxylic acids is 1. The first-order valence-corrected chi connectivity index (χ1v) is 9.96. The Morgan fingerprint density at radius 2 is 2.11 bits per heavy atom. The molecule has 0 bridgehead atoms. The van der Waals surface area contributed by atoms with Crippen molar-refractivity contribution in [1.29, 1.82) is 0 Å². The Kier molecular flexibility index (Phi) is 4.61. The molecule has 138 valence electrons. The SMILES string of the molecule is Cc1ccc2c(c1)N(Cc1nc3cc(F)ccc3s1)C(=O)C(CC(=O)O)S2. The van der Waals surface area contributed by atoms with Gasteiger partial charge >= 0.3 is 5.97 Å². The summed E-state index contributed by atoms with van der Waals surface area (Å²) in [5, 5.41) is 9.14. The molecule has 3 aromatic rings. The summed E-state index contributed by atoms with van der Waals surface area (Å²) < 4.78 is 14.3. The van der Waals surface area contributed by atoms with Gasteiger partial charge in [-0.15, -0.1) is 23.1 Å². The Hall–Kier alpha value is -2.45. The number of carbonyl (C=O) groups excluding carboxylic acids is 1. The van der Waals surface area contributed by atoms with Gasteiger partial charge in [0.25, 0.3) is 0 Å². The molecule has 8 heteroatoms. The molecule has 1 atom stereocenters. The van der Waals surface area contributed by atoms with Crippen LogP contribution < -0.4 is 4.90 Å². The number of carbonyl (C=O) groups is 2. The summed E-state index contributed by atoms with van der Waals surface area (Å²) in [6.45, 7) is 2.17. The van der Waals surface area contributed by atoms with Gasteiger partial charge in [0.05, 0.1) is 34.1 Å². The number of rotatable bonds is 4. The van der Waals surface area contributed by atoms with E-state index in [2.05, 4.69) is 4.98 Å². The van der Waals surface area contributed by atoms with Crippen LogP contribution in [0.1, 0.15) is 17.0 Å². The zero-order valence-electron chi connectivity index (χ0n) is 14.3. The second kappa shape index (κ2) is 6.94. The first-order valence-electron chi connectivity index (χ1n) is 8.26. The minimum Gasteiger partial charge on any atom is -0.481 e. The molecule has 4 rings (SSSR count). The lowest BCUT2D eigenvalue weighted by Crippen LogP contribution is -2.41. The minimum atomic E-state index is -1.01. The van der Waals surface area contributed by atoms with Crippen molar-refractivity contribution in [3.05, 3.63) is 52.8 Å². The van der Waals surface area contributed by atoms with Crippen molar-refractivity contribution in [3.63, 3.8) is 0 Å². The van der Waals surface area contributed by atoms with Crippen molar-refractivity contribution in [2.75, 3.05) is 4.90 Å². The lowest BCUT2D eigenvalue weighted by Gasteiger charge is -2.33. The van der Waals surface area contributed by atoms with Crippen LogP contribution >= 0.6 is 23.1 Å². The smallest absolute Gasteiger partial charge is 0.305 e. The van der Waals surface area contributed by atoms with Crippen molar-refractivity contribution in [2.45, 2.75) is 30.0 Å². The van der Waals surface area contributed by atoms with E-state index in [1.807, 2.05) is 25.1 Å². The fraction of sp³-hybridized carbons (Fsp3) is 0.211. The highest BCUT2D eigenvalue weighted by Gasteiger charge is 2.35. The zero-order valence-corrected chi connectivity index (χ0v) is 15.9. The lowest BCUT2D eigenvalue weighted by atomic mass is 10.1. The molecule has 0 saturated heterocycles. The van der Waals surface area contributed by atoms with E-state index in [0.29, 0.717) is 10.5 Å². The fourth-order valence-corrected chi connectivity index (χ4v) is 5.17. The van der Waals surface area contributed by atoms with E-state index in [9.17, 15) is 14.0 Å². The number of thiazole rings is 1. The molecule has 0 aliphatic carbocycles. The first-order chi connectivity index (χ1) is 12.9. The Morgan fingerprint density at radius 1 is 1.30 bits per heavy atom. The molecule has 1 amide bonds. The van der Waals surface area contributed by atoms with E-state index in [0.717, 1.165) is 20.8 Å². The maximum Gasteiger partial charge on any atom is 0.305 e. The highest BCUT2D eigenvalue weighted by Crippen LogP contribution is 2.42. The van der Waals surface area contributed by atoms with E-state index < -0.39 is 11.2 Å². The molecule has 1 aromatic heterocycles. The van der Waals surface area contributed by atoms with Gasteiger partial charge in [-0.1, -0.05) is 6.07 Å². The van der Waals surface area contributed by atoms with Crippen LogP contribution in [0.4, 0.5) is 10.1 Å². The number of aryl methyl sites for hydroxylation is 1. The van der Waals surface area contributed by atoms with Crippen LogP contribution in [0.15, 0.2) is 41.3 Å². The third-order valence-corrected chi connectivity index (χ3v) is 6.54. The lowest BCUT2D eigenvalue weighted by molar-refractivity contribution is -0.138. The number of carboxylic acid groups (broad SMARTS) is 1. The summed E-state index contributed by atoms with van der Waals surface area (Å²) in [7, 11) is 0. The van der Waals surface area contributed by atoms with Gasteiger partial charge in [-0.3, -0.25) is 9.59 Å². The fourth-order valence-electron chi connectivity index (χ4n) is 3.04. The van der Waals surface area contributed by atoms with E-state index in [1.165, 1.54) is 35.2 Å². The number of amides is 1. The Morgan fingerprint density at radius 3 is 2.89 bits per heavy atom. The number of hydrogen-bond acceptors (Lipinski definition) is 5. The molecule has 1 aliphatic rings. The van der Waals surface area contributed by atoms with E-state index in [-0.39, 0.29) is 24.7 Å². The zero-order chi connectivity index (χ0) is 19.1. The number of aromatic nitrogens is 1. The van der Waals surface area contributed by atoms with Crippen LogP contribution in [0.2, 0.25) is 0 Å². The number of anilines is 1. The van der Waals surface area contributed by atoms with Gasteiger partial charge in [-0.05, 0) is 36.8 Å². The predicted octanol–water partition coefficient (Wildman–Crippen LogP) is 4.23. The molecule has 2 aromatic carbocycles. The van der Waals surface area contributed by atoms with E-state index >= 15 is 0 Å². The first kappa shape index (κ1) is 17.9. The number of carboxylic acids is 1. The van der Waals surface area contributed by atoms with Crippen LogP contribution in [0, 0.1) is 12.7 Å². The molecule has 0 fully saturated rings. The molecular formula is C19H15FN2O3S2. The summed E-state index contributed by atoms with van der Waals surface area (Å²) in [5.74, 6) is -1.61. The van der Waals surface area contributed by atoms with Gasteiger partial charge in [0.2, 0.25) is 5.91 Å². The topological polar surface area (TPSA) is 70.5 Å². The summed E-state index contributed by atoms with van der Waals surface area (Å²) >= 11 is 2.69. The summed E-state index contributed by atoms with van der Waals surface area (Å²) in [6.07, 6.45) is -0.238. The Balaban J connectivity index is 1.72. The van der Waals surface area contributed by atoms with Gasteiger partial charge < -0.3 is 10.0 Å². The second-order valence-electron chi connectivity index (χ2n) is 6.32. The van der Waals surface area contributed by atoms with Crippen LogP contribution in [0.5, 0.6) is 0 Å². The van der Waals surface area contributed by atoms with Gasteiger partial charge in [-0.25, -0.2) is 9.37 Å². The quantitative estimate of drug-likeness (QED) is 0.707. The number of benzene rings is 2. The van der Waals surface area contributed by atoms with Gasteiger partial charge in [0, 0.05) is 11.0 Å². The van der Waals surface area contributed by atoms with Crippen LogP contribution in [-0.2, 0) is 16.1 Å². The largest absolute Gasteiger partial charge is 0.481 e. The molecule has 1 aliphatic heterocycles. The summed E-state index contributed by atoms with van der Waals surface area (Å²) in [4.78, 5) is 31.0. The van der Waals surface area contributed by atoms with Crippen molar-refractivity contribution in [2.24, 2.45) is 0 Å². The highest BCUT2D eigenvalue weighted by molar-refractivity contribution is 8.01. The number of halogens is 1. The van der Waals surface area contributed by atoms with Gasteiger partial charge in [0.15, 0.2) is 0 Å². The van der Waals surface area contributed by atoms with Crippen LogP contribution in [-0.4, -0.2) is 27.2 Å². The number of hydrogen-bond donors (Lipinski definition) is 1. The van der Waals surface area contributed by atoms with Crippen LogP contribution in [0.3, 0.4) is 0 Å². The monoisotopic (exact) mass is 402 g/mol.